The average Bonchev–Trinajstić information content (AvgIpc) is 3.26. The van der Waals surface area contributed by atoms with Crippen LogP contribution in [0.5, 0.6) is 0 Å². The number of rotatable bonds is 49. The van der Waals surface area contributed by atoms with Crippen LogP contribution in [0.3, 0.4) is 0 Å². The predicted molar refractivity (Wildman–Crippen MR) is 261 cm³/mol. The van der Waals surface area contributed by atoms with Gasteiger partial charge in [0, 0.05) is 19.4 Å². The third kappa shape index (κ3) is 49.2. The first-order valence-corrected chi connectivity index (χ1v) is 27.5. The van der Waals surface area contributed by atoms with Gasteiger partial charge in [0.1, 0.15) is 12.7 Å². The van der Waals surface area contributed by atoms with Crippen molar-refractivity contribution >= 4 is 19.7 Å². The average molecular weight is 896 g/mol. The molecule has 0 spiro atoms. The van der Waals surface area contributed by atoms with Gasteiger partial charge in [-0.1, -0.05) is 230 Å². The van der Waals surface area contributed by atoms with E-state index in [9.17, 15) is 24.2 Å². The number of carbonyl (C=O) groups excluding carboxylic acids is 2. The molecule has 0 aliphatic heterocycles. The van der Waals surface area contributed by atoms with Gasteiger partial charge in [0.05, 0.1) is 13.2 Å². The summed E-state index contributed by atoms with van der Waals surface area (Å²) in [5.74, 6) is -0.517. The van der Waals surface area contributed by atoms with E-state index in [1.54, 1.807) is 0 Å². The molecule has 3 N–H and O–H groups in total. The minimum Gasteiger partial charge on any atom is -0.463 e. The number of carbonyl (C=O) groups is 2. The van der Waals surface area contributed by atoms with E-state index in [0.717, 1.165) is 70.6 Å². The summed E-state index contributed by atoms with van der Waals surface area (Å²) >= 11 is 0. The van der Waals surface area contributed by atoms with Gasteiger partial charge in [-0.05, 0) is 44.9 Å². The number of allylic oxidation sites excluding steroid dienone is 6. The molecule has 2 unspecified atom stereocenters. The normalized spacial score (nSPS) is 13.4. The molecule has 1 amide bonds. The maximum Gasteiger partial charge on any atom is 0.472 e. The second kappa shape index (κ2) is 48.7. The summed E-state index contributed by atoms with van der Waals surface area (Å²) in [6, 6.07) is 0. The molecule has 62 heavy (non-hydrogen) atoms. The Bertz CT molecular complexity index is 1110. The third-order valence-corrected chi connectivity index (χ3v) is 12.3. The first-order valence-electron chi connectivity index (χ1n) is 26.0. The number of phosphoric ester groups is 1. The molecule has 364 valence electrons. The van der Waals surface area contributed by atoms with Crippen LogP contribution >= 0.6 is 7.82 Å². The van der Waals surface area contributed by atoms with E-state index in [1.165, 1.54) is 154 Å². The van der Waals surface area contributed by atoms with Crippen molar-refractivity contribution in [1.29, 1.82) is 0 Å². The van der Waals surface area contributed by atoms with Crippen LogP contribution in [0.2, 0.25) is 0 Å². The van der Waals surface area contributed by atoms with Crippen LogP contribution < -0.4 is 5.32 Å². The zero-order valence-electron chi connectivity index (χ0n) is 40.3. The molecule has 0 aromatic carbocycles. The molecular formula is C52H98NO8P. The van der Waals surface area contributed by atoms with Gasteiger partial charge in [-0.3, -0.25) is 18.6 Å². The Morgan fingerprint density at radius 3 is 1.39 bits per heavy atom. The second-order valence-corrected chi connectivity index (χ2v) is 18.9. The molecule has 10 heteroatoms. The first-order chi connectivity index (χ1) is 30.3. The second-order valence-electron chi connectivity index (χ2n) is 17.5. The number of aliphatic hydroxyl groups is 1. The molecule has 0 aliphatic rings. The largest absolute Gasteiger partial charge is 0.472 e. The number of ether oxygens (including phenoxy) is 1. The summed E-state index contributed by atoms with van der Waals surface area (Å²) in [6.07, 6.45) is 56.6. The van der Waals surface area contributed by atoms with Crippen molar-refractivity contribution in [3.05, 3.63) is 36.5 Å². The van der Waals surface area contributed by atoms with Gasteiger partial charge in [-0.2, -0.15) is 0 Å². The van der Waals surface area contributed by atoms with E-state index in [4.69, 9.17) is 13.8 Å². The number of amides is 1. The van der Waals surface area contributed by atoms with Crippen LogP contribution in [0, 0.1) is 0 Å². The molecule has 0 fully saturated rings. The summed E-state index contributed by atoms with van der Waals surface area (Å²) in [7, 11) is -4.42. The fourth-order valence-corrected chi connectivity index (χ4v) is 8.21. The Morgan fingerprint density at radius 2 is 0.919 bits per heavy atom. The van der Waals surface area contributed by atoms with Gasteiger partial charge in [-0.15, -0.1) is 0 Å². The van der Waals surface area contributed by atoms with Gasteiger partial charge in [0.15, 0.2) is 0 Å². The maximum absolute atomic E-state index is 12.1. The summed E-state index contributed by atoms with van der Waals surface area (Å²) in [6.45, 7) is 3.48. The maximum atomic E-state index is 12.1. The lowest BCUT2D eigenvalue weighted by molar-refractivity contribution is -0.147. The number of phosphoric acid groups is 1. The molecule has 9 nitrogen and oxygen atoms in total. The van der Waals surface area contributed by atoms with Crippen molar-refractivity contribution in [2.45, 2.75) is 258 Å². The Balaban J connectivity index is 3.52. The number of hydrogen-bond donors (Lipinski definition) is 3. The molecule has 0 bridgehead atoms. The lowest BCUT2D eigenvalue weighted by Crippen LogP contribution is -2.27. The molecule has 0 aromatic heterocycles. The molecule has 0 radical (unpaired) electrons. The minimum atomic E-state index is -4.42. The van der Waals surface area contributed by atoms with Crippen molar-refractivity contribution in [3.63, 3.8) is 0 Å². The van der Waals surface area contributed by atoms with Gasteiger partial charge < -0.3 is 20.1 Å². The molecule has 0 saturated carbocycles. The SMILES string of the molecule is CC/C=C\C/C=C\C/C=C\CCCCCCCCCC(=O)OCC(O)COP(=O)(O)OCCNC(=O)CCCCCCCCCCCCCCCCCCCCCCCCCC. The van der Waals surface area contributed by atoms with Crippen LogP contribution in [0.15, 0.2) is 36.5 Å². The van der Waals surface area contributed by atoms with Crippen molar-refractivity contribution in [2.24, 2.45) is 0 Å². The minimum absolute atomic E-state index is 0.0834. The van der Waals surface area contributed by atoms with Crippen LogP contribution in [0.25, 0.3) is 0 Å². The van der Waals surface area contributed by atoms with Crippen LogP contribution in [-0.2, 0) is 27.9 Å². The van der Waals surface area contributed by atoms with E-state index < -0.39 is 26.5 Å². The molecule has 0 heterocycles. The van der Waals surface area contributed by atoms with Crippen LogP contribution in [0.1, 0.15) is 251 Å². The van der Waals surface area contributed by atoms with Crippen molar-refractivity contribution < 1.29 is 37.9 Å². The zero-order chi connectivity index (χ0) is 45.3. The summed E-state index contributed by atoms with van der Waals surface area (Å²) in [4.78, 5) is 34.1. The smallest absolute Gasteiger partial charge is 0.463 e. The van der Waals surface area contributed by atoms with Crippen molar-refractivity contribution in [3.8, 4) is 0 Å². The highest BCUT2D eigenvalue weighted by atomic mass is 31.2. The van der Waals surface area contributed by atoms with Gasteiger partial charge in [0.25, 0.3) is 0 Å². The molecule has 0 rings (SSSR count). The molecule has 0 saturated heterocycles. The lowest BCUT2D eigenvalue weighted by atomic mass is 10.0. The van der Waals surface area contributed by atoms with E-state index in [-0.39, 0.29) is 32.1 Å². The van der Waals surface area contributed by atoms with Crippen molar-refractivity contribution in [2.75, 3.05) is 26.4 Å². The standard InChI is InChI=1S/C52H98NO8P/c1-3-5-7-9-11-13-15-17-19-21-22-23-24-25-26-27-29-30-32-34-36-38-40-42-44-51(55)53-46-47-60-62(57,58)61-49-50(54)48-59-52(56)45-43-41-39-37-35-33-31-28-20-18-16-14-12-10-8-6-4-2/h6,8,12,14,18,20,50,54H,3-5,7,9-11,13,15-17,19,21-49H2,1-2H3,(H,53,55)(H,57,58)/b8-6-,14-12-,20-18-. The predicted octanol–water partition coefficient (Wildman–Crippen LogP) is 15.3. The summed E-state index contributed by atoms with van der Waals surface area (Å²) in [5.41, 5.74) is 0. The third-order valence-electron chi connectivity index (χ3n) is 11.3. The van der Waals surface area contributed by atoms with Gasteiger partial charge in [0.2, 0.25) is 5.91 Å². The Kier molecular flexibility index (Phi) is 47.3. The monoisotopic (exact) mass is 896 g/mol. The topological polar surface area (TPSA) is 131 Å². The number of unbranched alkanes of at least 4 members (excludes halogenated alkanes) is 30. The van der Waals surface area contributed by atoms with E-state index in [0.29, 0.717) is 6.42 Å². The highest BCUT2D eigenvalue weighted by Gasteiger charge is 2.23. The van der Waals surface area contributed by atoms with Crippen molar-refractivity contribution in [1.82, 2.24) is 5.32 Å². The Labute approximate surface area is 382 Å². The number of nitrogens with one attached hydrogen (secondary N) is 1. The summed E-state index contributed by atoms with van der Waals surface area (Å²) < 4.78 is 27.0. The molecule has 0 aromatic rings. The van der Waals surface area contributed by atoms with E-state index >= 15 is 0 Å². The number of aliphatic hydroxyl groups excluding tert-OH is 1. The molecule has 0 aliphatic carbocycles. The fraction of sp³-hybridized carbons (Fsp3) is 0.846. The zero-order valence-corrected chi connectivity index (χ0v) is 41.2. The Morgan fingerprint density at radius 1 is 0.516 bits per heavy atom. The molecule has 2 atom stereocenters. The highest BCUT2D eigenvalue weighted by Crippen LogP contribution is 2.42. The fourth-order valence-electron chi connectivity index (χ4n) is 7.46. The lowest BCUT2D eigenvalue weighted by Gasteiger charge is -2.15. The van der Waals surface area contributed by atoms with E-state index in [2.05, 4.69) is 55.6 Å². The van der Waals surface area contributed by atoms with Crippen LogP contribution in [0.4, 0.5) is 0 Å². The summed E-state index contributed by atoms with van der Waals surface area (Å²) in [5, 5.41) is 12.7. The molecular weight excluding hydrogens is 798 g/mol. The number of esters is 1. The number of hydrogen-bond acceptors (Lipinski definition) is 7. The first kappa shape index (κ1) is 60.2. The van der Waals surface area contributed by atoms with Gasteiger partial charge in [-0.25, -0.2) is 4.57 Å². The van der Waals surface area contributed by atoms with Gasteiger partial charge >= 0.3 is 13.8 Å². The van der Waals surface area contributed by atoms with Crippen LogP contribution in [-0.4, -0.2) is 54.3 Å². The highest BCUT2D eigenvalue weighted by molar-refractivity contribution is 7.47. The Hall–Kier alpha value is -1.77. The van der Waals surface area contributed by atoms with E-state index in [1.807, 2.05) is 0 Å². The quantitative estimate of drug-likeness (QED) is 0.0238.